The van der Waals surface area contributed by atoms with Gasteiger partial charge in [-0.25, -0.2) is 4.98 Å². The minimum Gasteiger partial charge on any atom is -0.493 e. The zero-order valence-electron chi connectivity index (χ0n) is 19.3. The molecule has 10 nitrogen and oxygen atoms in total. The predicted molar refractivity (Wildman–Crippen MR) is 124 cm³/mol. The minimum absolute atomic E-state index is 0.168. The lowest BCUT2D eigenvalue weighted by molar-refractivity contribution is -0.133. The molecule has 0 saturated heterocycles. The van der Waals surface area contributed by atoms with Gasteiger partial charge in [0.1, 0.15) is 12.7 Å². The van der Waals surface area contributed by atoms with Crippen molar-refractivity contribution in [2.24, 2.45) is 0 Å². The maximum Gasteiger partial charge on any atom is 0.264 e. The number of imidazole rings is 1. The zero-order chi connectivity index (χ0) is 24.3. The smallest absolute Gasteiger partial charge is 0.264 e. The summed E-state index contributed by atoms with van der Waals surface area (Å²) >= 11 is 0. The van der Waals surface area contributed by atoms with Crippen LogP contribution >= 0.6 is 0 Å². The largest absolute Gasteiger partial charge is 0.493 e. The van der Waals surface area contributed by atoms with Gasteiger partial charge in [0.2, 0.25) is 5.91 Å². The Morgan fingerprint density at radius 1 is 1.11 bits per heavy atom. The molecule has 1 aromatic heterocycles. The molecule has 0 fully saturated rings. The quantitative estimate of drug-likeness (QED) is 0.622. The van der Waals surface area contributed by atoms with E-state index in [1.165, 1.54) is 19.1 Å². The van der Waals surface area contributed by atoms with E-state index in [4.69, 9.17) is 9.47 Å². The summed E-state index contributed by atoms with van der Waals surface area (Å²) in [4.78, 5) is 52.9. The molecule has 3 amide bonds. The fraction of sp³-hybridized carbons (Fsp3) is 0.280. The lowest BCUT2D eigenvalue weighted by Gasteiger charge is -2.41. The molecule has 3 aliphatic rings. The van der Waals surface area contributed by atoms with Crippen LogP contribution in [0.5, 0.6) is 11.5 Å². The summed E-state index contributed by atoms with van der Waals surface area (Å²) in [6, 6.07) is 10.4. The Balaban J connectivity index is 1.42. The third kappa shape index (κ3) is 3.02. The number of rotatable bonds is 4. The normalized spacial score (nSPS) is 18.1. The summed E-state index contributed by atoms with van der Waals surface area (Å²) in [6.07, 6.45) is 1.51. The molecule has 3 aliphatic heterocycles. The van der Waals surface area contributed by atoms with Crippen molar-refractivity contribution in [2.45, 2.75) is 19.1 Å². The van der Waals surface area contributed by atoms with Crippen LogP contribution in [0.4, 0.5) is 5.69 Å². The average molecular weight is 473 g/mol. The van der Waals surface area contributed by atoms with Gasteiger partial charge >= 0.3 is 0 Å². The number of anilines is 1. The number of hydrogen-bond acceptors (Lipinski definition) is 6. The zero-order valence-corrected chi connectivity index (χ0v) is 19.3. The maximum atomic E-state index is 13.7. The fourth-order valence-electron chi connectivity index (χ4n) is 5.26. The van der Waals surface area contributed by atoms with Gasteiger partial charge in [-0.3, -0.25) is 19.3 Å². The Hall–Kier alpha value is -4.34. The van der Waals surface area contributed by atoms with Gasteiger partial charge in [-0.1, -0.05) is 18.2 Å². The van der Waals surface area contributed by atoms with Gasteiger partial charge in [-0.15, -0.1) is 0 Å². The monoisotopic (exact) mass is 473 g/mol. The predicted octanol–water partition coefficient (Wildman–Crippen LogP) is 2.13. The van der Waals surface area contributed by atoms with Crippen LogP contribution in [0.2, 0.25) is 0 Å². The molecule has 1 N–H and O–H groups in total. The van der Waals surface area contributed by atoms with Crippen LogP contribution in [0.25, 0.3) is 0 Å². The molecule has 0 radical (unpaired) electrons. The van der Waals surface area contributed by atoms with Gasteiger partial charge in [0.15, 0.2) is 11.5 Å². The van der Waals surface area contributed by atoms with E-state index in [-0.39, 0.29) is 24.3 Å². The number of amides is 3. The summed E-state index contributed by atoms with van der Waals surface area (Å²) in [5.41, 5.74) is 3.67. The molecule has 1 atom stereocenters. The second-order valence-corrected chi connectivity index (χ2v) is 8.66. The number of aromatic nitrogens is 2. The molecule has 1 unspecified atom stereocenters. The van der Waals surface area contributed by atoms with Crippen molar-refractivity contribution in [3.05, 3.63) is 70.8 Å². The van der Waals surface area contributed by atoms with Crippen molar-refractivity contribution < 1.29 is 23.9 Å². The molecule has 0 aliphatic carbocycles. The van der Waals surface area contributed by atoms with Gasteiger partial charge < -0.3 is 24.3 Å². The van der Waals surface area contributed by atoms with Crippen LogP contribution in [0.3, 0.4) is 0 Å². The third-order valence-electron chi connectivity index (χ3n) is 6.92. The van der Waals surface area contributed by atoms with Crippen LogP contribution in [0.15, 0.2) is 42.7 Å². The molecule has 0 saturated carbocycles. The van der Waals surface area contributed by atoms with Crippen LogP contribution in [-0.2, 0) is 17.8 Å². The Morgan fingerprint density at radius 2 is 1.94 bits per heavy atom. The first-order chi connectivity index (χ1) is 17.0. The van der Waals surface area contributed by atoms with Crippen LogP contribution in [-0.4, -0.2) is 64.8 Å². The van der Waals surface area contributed by atoms with Crippen LogP contribution < -0.4 is 14.4 Å². The summed E-state index contributed by atoms with van der Waals surface area (Å²) in [5, 5.41) is 0. The van der Waals surface area contributed by atoms with Gasteiger partial charge in [-0.05, 0) is 18.2 Å². The van der Waals surface area contributed by atoms with E-state index in [0.717, 1.165) is 11.4 Å². The number of H-pyrrole nitrogens is 1. The summed E-state index contributed by atoms with van der Waals surface area (Å²) in [6.45, 7) is 0.755. The average Bonchev–Trinajstić information content (AvgIpc) is 3.48. The molecule has 178 valence electrons. The number of ether oxygens (including phenoxy) is 2. The number of fused-ring (bicyclic) bond motifs is 6. The molecule has 3 aromatic rings. The van der Waals surface area contributed by atoms with E-state index in [1.54, 1.807) is 52.5 Å². The molecule has 4 heterocycles. The Morgan fingerprint density at radius 3 is 2.74 bits per heavy atom. The SMILES string of the molecule is COc1ccc2c(c1OC)C(=O)N1c3ccccc3C(=O)N(CC(=O)N3CCc4nc[nH]c4C3)C21. The third-order valence-corrected chi connectivity index (χ3v) is 6.92. The molecule has 0 bridgehead atoms. The highest BCUT2D eigenvalue weighted by molar-refractivity contribution is 6.18. The first kappa shape index (κ1) is 21.2. The van der Waals surface area contributed by atoms with Crippen molar-refractivity contribution in [1.82, 2.24) is 19.8 Å². The van der Waals surface area contributed by atoms with E-state index in [2.05, 4.69) is 9.97 Å². The Labute approximate surface area is 201 Å². The van der Waals surface area contributed by atoms with Crippen molar-refractivity contribution in [2.75, 3.05) is 32.2 Å². The Kier molecular flexibility index (Phi) is 4.77. The van der Waals surface area contributed by atoms with Gasteiger partial charge in [0.25, 0.3) is 11.8 Å². The second-order valence-electron chi connectivity index (χ2n) is 8.66. The lowest BCUT2D eigenvalue weighted by atomic mass is 10.0. The summed E-state index contributed by atoms with van der Waals surface area (Å²) in [7, 11) is 2.98. The number of methoxy groups -OCH3 is 2. The van der Waals surface area contributed by atoms with Crippen molar-refractivity contribution in [1.29, 1.82) is 0 Å². The Bertz CT molecular complexity index is 1380. The van der Waals surface area contributed by atoms with E-state index >= 15 is 0 Å². The fourth-order valence-corrected chi connectivity index (χ4v) is 5.26. The molecule has 2 aromatic carbocycles. The first-order valence-electron chi connectivity index (χ1n) is 11.3. The highest BCUT2D eigenvalue weighted by atomic mass is 16.5. The lowest BCUT2D eigenvalue weighted by Crippen LogP contribution is -2.52. The second kappa shape index (κ2) is 7.86. The highest BCUT2D eigenvalue weighted by Crippen LogP contribution is 2.49. The molecule has 10 heteroatoms. The van der Waals surface area contributed by atoms with E-state index < -0.39 is 6.17 Å². The van der Waals surface area contributed by atoms with E-state index in [9.17, 15) is 14.4 Å². The van der Waals surface area contributed by atoms with E-state index in [0.29, 0.717) is 53.4 Å². The van der Waals surface area contributed by atoms with Crippen LogP contribution in [0, 0.1) is 0 Å². The van der Waals surface area contributed by atoms with Gasteiger partial charge in [0.05, 0.1) is 55.3 Å². The van der Waals surface area contributed by atoms with Crippen LogP contribution in [0.1, 0.15) is 43.8 Å². The molecule has 35 heavy (non-hydrogen) atoms. The topological polar surface area (TPSA) is 108 Å². The number of nitrogens with one attached hydrogen (secondary N) is 1. The van der Waals surface area contributed by atoms with E-state index in [1.807, 2.05) is 0 Å². The summed E-state index contributed by atoms with van der Waals surface area (Å²) < 4.78 is 10.9. The highest BCUT2D eigenvalue weighted by Gasteiger charge is 2.50. The van der Waals surface area contributed by atoms with Crippen molar-refractivity contribution in [3.8, 4) is 11.5 Å². The number of para-hydroxylation sites is 1. The number of aromatic amines is 1. The minimum atomic E-state index is -0.767. The van der Waals surface area contributed by atoms with Crippen molar-refractivity contribution >= 4 is 23.4 Å². The molecular weight excluding hydrogens is 450 g/mol. The van der Waals surface area contributed by atoms with Gasteiger partial charge in [-0.2, -0.15) is 0 Å². The number of carbonyl (C=O) groups excluding carboxylic acids is 3. The summed E-state index contributed by atoms with van der Waals surface area (Å²) in [5.74, 6) is -0.0730. The standard InChI is InChI=1S/C25H23N5O5/c1-34-19-8-7-15-21(22(19)35-2)25(33)30-18-6-4-3-5-14(18)24(32)29(23(15)30)12-20(31)28-10-9-16-17(11-28)27-13-26-16/h3-8,13,23H,9-12H2,1-2H3,(H,26,27). The van der Waals surface area contributed by atoms with Gasteiger partial charge in [0, 0.05) is 18.5 Å². The maximum absolute atomic E-state index is 13.7. The molecule has 6 rings (SSSR count). The number of nitrogens with zero attached hydrogens (tertiary/aromatic N) is 4. The molecule has 0 spiro atoms. The number of benzene rings is 2. The molecular formula is C25H23N5O5. The number of hydrogen-bond donors (Lipinski definition) is 1. The first-order valence-corrected chi connectivity index (χ1v) is 11.3. The van der Waals surface area contributed by atoms with Crippen molar-refractivity contribution in [3.63, 3.8) is 0 Å². The number of carbonyl (C=O) groups is 3.